The third-order valence-electron chi connectivity index (χ3n) is 6.16. The zero-order valence-corrected chi connectivity index (χ0v) is 14.8. The number of carbonyl (C=O) groups is 1. The Balaban J connectivity index is 1.45. The van der Waals surface area contributed by atoms with E-state index in [0.717, 1.165) is 57.4 Å². The number of esters is 1. The van der Waals surface area contributed by atoms with E-state index in [1.807, 2.05) is 6.07 Å². The Kier molecular flexibility index (Phi) is 4.93. The van der Waals surface area contributed by atoms with Gasteiger partial charge in [0, 0.05) is 31.1 Å². The van der Waals surface area contributed by atoms with E-state index in [4.69, 9.17) is 4.74 Å². The molecule has 0 amide bonds. The van der Waals surface area contributed by atoms with Crippen molar-refractivity contribution < 1.29 is 14.6 Å². The number of aromatic nitrogens is 1. The lowest BCUT2D eigenvalue weighted by Gasteiger charge is -2.45. The van der Waals surface area contributed by atoms with Crippen LogP contribution in [0, 0.1) is 11.8 Å². The summed E-state index contributed by atoms with van der Waals surface area (Å²) in [5.74, 6) is 1.26. The van der Waals surface area contributed by atoms with Gasteiger partial charge in [0.05, 0.1) is 11.7 Å². The maximum absolute atomic E-state index is 12.5. The molecule has 0 radical (unpaired) electrons. The van der Waals surface area contributed by atoms with Gasteiger partial charge >= 0.3 is 5.97 Å². The number of anilines is 1. The summed E-state index contributed by atoms with van der Waals surface area (Å²) in [6.45, 7) is 1.65. The summed E-state index contributed by atoms with van der Waals surface area (Å²) in [6.07, 6.45) is 10.5. The summed E-state index contributed by atoms with van der Waals surface area (Å²) in [7, 11) is 0. The molecule has 1 saturated heterocycles. The van der Waals surface area contributed by atoms with Crippen LogP contribution in [0.15, 0.2) is 18.3 Å². The fourth-order valence-electron chi connectivity index (χ4n) is 4.72. The number of piperidine rings is 1. The normalized spacial score (nSPS) is 30.1. The highest BCUT2D eigenvalue weighted by molar-refractivity contribution is 5.90. The van der Waals surface area contributed by atoms with Gasteiger partial charge in [0.2, 0.25) is 0 Å². The van der Waals surface area contributed by atoms with Crippen molar-refractivity contribution in [3.63, 3.8) is 0 Å². The molecule has 3 aliphatic rings. The number of pyridine rings is 1. The number of aliphatic hydroxyl groups is 1. The molecule has 2 bridgehead atoms. The molecule has 1 aliphatic heterocycles. The van der Waals surface area contributed by atoms with Crippen molar-refractivity contribution in [2.75, 3.05) is 18.0 Å². The Morgan fingerprint density at radius 2 is 1.80 bits per heavy atom. The molecule has 2 unspecified atom stereocenters. The molecule has 5 nitrogen and oxygen atoms in total. The second-order valence-electron chi connectivity index (χ2n) is 7.91. The highest BCUT2D eigenvalue weighted by Crippen LogP contribution is 2.36. The quantitative estimate of drug-likeness (QED) is 0.854. The average Bonchev–Trinajstić information content (AvgIpc) is 2.62. The van der Waals surface area contributed by atoms with Crippen molar-refractivity contribution in [3.8, 4) is 0 Å². The van der Waals surface area contributed by atoms with Crippen molar-refractivity contribution in [1.82, 2.24) is 4.98 Å². The van der Waals surface area contributed by atoms with E-state index in [0.29, 0.717) is 17.4 Å². The van der Waals surface area contributed by atoms with Crippen LogP contribution >= 0.6 is 0 Å². The number of nitrogens with zero attached hydrogens (tertiary/aromatic N) is 2. The number of carbonyl (C=O) groups excluding carboxylic acids is 1. The average molecular weight is 344 g/mol. The predicted octanol–water partition coefficient (Wildman–Crippen LogP) is 3.17. The molecule has 2 saturated carbocycles. The minimum absolute atomic E-state index is 0.0716. The van der Waals surface area contributed by atoms with Crippen LogP contribution in [0.4, 0.5) is 5.82 Å². The Labute approximate surface area is 149 Å². The van der Waals surface area contributed by atoms with Crippen molar-refractivity contribution in [2.24, 2.45) is 11.8 Å². The SMILES string of the molecule is O=C(OC1CCCCC1)c1ccnc(N2CC3CCCC(C2)C3O)c1. The fourth-order valence-corrected chi connectivity index (χ4v) is 4.72. The lowest BCUT2D eigenvalue weighted by Crippen LogP contribution is -2.51. The highest BCUT2D eigenvalue weighted by Gasteiger charge is 2.38. The molecule has 5 heteroatoms. The number of fused-ring (bicyclic) bond motifs is 2. The van der Waals surface area contributed by atoms with Crippen LogP contribution in [-0.4, -0.2) is 41.4 Å². The lowest BCUT2D eigenvalue weighted by atomic mass is 9.75. The second-order valence-corrected chi connectivity index (χ2v) is 7.91. The molecular weight excluding hydrogens is 316 g/mol. The summed E-state index contributed by atoms with van der Waals surface area (Å²) in [4.78, 5) is 19.2. The molecule has 1 aromatic rings. The predicted molar refractivity (Wildman–Crippen MR) is 95.6 cm³/mol. The van der Waals surface area contributed by atoms with E-state index in [9.17, 15) is 9.90 Å². The van der Waals surface area contributed by atoms with Crippen molar-refractivity contribution in [2.45, 2.75) is 63.6 Å². The Morgan fingerprint density at radius 3 is 2.52 bits per heavy atom. The number of rotatable bonds is 3. The van der Waals surface area contributed by atoms with Crippen molar-refractivity contribution >= 4 is 11.8 Å². The molecular formula is C20H28N2O3. The summed E-state index contributed by atoms with van der Waals surface area (Å²) in [5, 5.41) is 10.4. The topological polar surface area (TPSA) is 62.7 Å². The Bertz CT molecular complexity index is 601. The first-order chi connectivity index (χ1) is 12.2. The molecule has 2 heterocycles. The summed E-state index contributed by atoms with van der Waals surface area (Å²) in [6, 6.07) is 3.60. The van der Waals surface area contributed by atoms with Crippen molar-refractivity contribution in [1.29, 1.82) is 0 Å². The molecule has 0 aromatic carbocycles. The molecule has 4 rings (SSSR count). The lowest BCUT2D eigenvalue weighted by molar-refractivity contribution is 0.00574. The van der Waals surface area contributed by atoms with Gasteiger partial charge in [-0.15, -0.1) is 0 Å². The first-order valence-corrected chi connectivity index (χ1v) is 9.81. The van der Waals surface area contributed by atoms with E-state index < -0.39 is 0 Å². The number of ether oxygens (including phenoxy) is 1. The highest BCUT2D eigenvalue weighted by atomic mass is 16.5. The van der Waals surface area contributed by atoms with Crippen LogP contribution in [0.5, 0.6) is 0 Å². The molecule has 1 aromatic heterocycles. The number of hydrogen-bond acceptors (Lipinski definition) is 5. The van der Waals surface area contributed by atoms with Gasteiger partial charge in [-0.2, -0.15) is 0 Å². The fraction of sp³-hybridized carbons (Fsp3) is 0.700. The first-order valence-electron chi connectivity index (χ1n) is 9.81. The maximum Gasteiger partial charge on any atom is 0.338 e. The van der Waals surface area contributed by atoms with E-state index in [1.165, 1.54) is 12.8 Å². The minimum atomic E-state index is -0.229. The molecule has 136 valence electrons. The molecule has 2 aliphatic carbocycles. The summed E-state index contributed by atoms with van der Waals surface area (Å²) >= 11 is 0. The smallest absolute Gasteiger partial charge is 0.338 e. The van der Waals surface area contributed by atoms with E-state index >= 15 is 0 Å². The van der Waals surface area contributed by atoms with E-state index in [2.05, 4.69) is 9.88 Å². The maximum atomic E-state index is 12.5. The minimum Gasteiger partial charge on any atom is -0.459 e. The largest absolute Gasteiger partial charge is 0.459 e. The Morgan fingerprint density at radius 1 is 1.08 bits per heavy atom. The van der Waals surface area contributed by atoms with Gasteiger partial charge in [0.25, 0.3) is 0 Å². The van der Waals surface area contributed by atoms with Crippen LogP contribution in [0.25, 0.3) is 0 Å². The van der Waals surface area contributed by atoms with Gasteiger partial charge < -0.3 is 14.7 Å². The first kappa shape index (κ1) is 16.8. The van der Waals surface area contributed by atoms with Gasteiger partial charge in [0.15, 0.2) is 0 Å². The van der Waals surface area contributed by atoms with Crippen LogP contribution in [0.2, 0.25) is 0 Å². The van der Waals surface area contributed by atoms with Crippen LogP contribution < -0.4 is 4.90 Å². The van der Waals surface area contributed by atoms with Gasteiger partial charge in [-0.05, 0) is 50.7 Å². The zero-order chi connectivity index (χ0) is 17.2. The third-order valence-corrected chi connectivity index (χ3v) is 6.16. The summed E-state index contributed by atoms with van der Waals surface area (Å²) in [5.41, 5.74) is 0.590. The monoisotopic (exact) mass is 344 g/mol. The molecule has 1 N–H and O–H groups in total. The van der Waals surface area contributed by atoms with Gasteiger partial charge in [-0.25, -0.2) is 9.78 Å². The molecule has 3 fully saturated rings. The zero-order valence-electron chi connectivity index (χ0n) is 14.8. The Hall–Kier alpha value is -1.62. The number of hydrogen-bond donors (Lipinski definition) is 1. The standard InChI is InChI=1S/C20H28N2O3/c23-19-15-5-4-6-16(19)13-22(12-15)18-11-14(9-10-21-18)20(24)25-17-7-2-1-3-8-17/h9-11,15-17,19,23H,1-8,12-13H2. The second kappa shape index (κ2) is 7.32. The summed E-state index contributed by atoms with van der Waals surface area (Å²) < 4.78 is 5.69. The van der Waals surface area contributed by atoms with E-state index in [1.54, 1.807) is 12.3 Å². The van der Waals surface area contributed by atoms with Gasteiger partial charge in [-0.3, -0.25) is 0 Å². The van der Waals surface area contributed by atoms with Gasteiger partial charge in [0.1, 0.15) is 11.9 Å². The van der Waals surface area contributed by atoms with Crippen molar-refractivity contribution in [3.05, 3.63) is 23.9 Å². The van der Waals surface area contributed by atoms with Crippen LogP contribution in [0.1, 0.15) is 61.7 Å². The van der Waals surface area contributed by atoms with E-state index in [-0.39, 0.29) is 18.2 Å². The molecule has 2 atom stereocenters. The van der Waals surface area contributed by atoms with Crippen LogP contribution in [0.3, 0.4) is 0 Å². The molecule has 25 heavy (non-hydrogen) atoms. The van der Waals surface area contributed by atoms with Gasteiger partial charge in [-0.1, -0.05) is 12.8 Å². The van der Waals surface area contributed by atoms with Crippen LogP contribution in [-0.2, 0) is 4.74 Å². The number of aliphatic hydroxyl groups excluding tert-OH is 1. The molecule has 0 spiro atoms. The third kappa shape index (κ3) is 3.66.